The molecule has 0 aliphatic carbocycles. The summed E-state index contributed by atoms with van der Waals surface area (Å²) in [6.45, 7) is 1.20. The van der Waals surface area contributed by atoms with Crippen LogP contribution in [-0.2, 0) is 0 Å². The number of carbonyl (C=O) groups is 2. The quantitative estimate of drug-likeness (QED) is 0.549. The number of ether oxygens (including phenoxy) is 1. The third-order valence-electron chi connectivity index (χ3n) is 5.47. The van der Waals surface area contributed by atoms with Crippen LogP contribution in [0.3, 0.4) is 0 Å². The van der Waals surface area contributed by atoms with E-state index in [9.17, 15) is 18.4 Å². The Morgan fingerprint density at radius 2 is 1.52 bits per heavy atom. The minimum atomic E-state index is -0.728. The Bertz CT molecular complexity index is 1150. The monoisotopic (exact) mass is 451 g/mol. The van der Waals surface area contributed by atoms with Crippen LogP contribution in [0.2, 0.25) is 0 Å². The molecule has 0 saturated carbocycles. The van der Waals surface area contributed by atoms with E-state index in [4.69, 9.17) is 4.74 Å². The van der Waals surface area contributed by atoms with Crippen LogP contribution in [0.4, 0.5) is 25.8 Å². The van der Waals surface area contributed by atoms with Crippen LogP contribution in [0.1, 0.15) is 33.6 Å². The van der Waals surface area contributed by atoms with E-state index in [0.29, 0.717) is 24.4 Å². The van der Waals surface area contributed by atoms with Crippen molar-refractivity contribution in [2.24, 2.45) is 0 Å². The summed E-state index contributed by atoms with van der Waals surface area (Å²) in [5, 5.41) is 5.23. The zero-order chi connectivity index (χ0) is 23.4. The minimum absolute atomic E-state index is 0.00534. The molecule has 8 heteroatoms. The Labute approximate surface area is 190 Å². The molecule has 0 bridgehead atoms. The lowest BCUT2D eigenvalue weighted by Crippen LogP contribution is -2.21. The van der Waals surface area contributed by atoms with Crippen LogP contribution in [0, 0.1) is 11.6 Å². The summed E-state index contributed by atoms with van der Waals surface area (Å²) < 4.78 is 34.3. The van der Waals surface area contributed by atoms with Gasteiger partial charge in [0.25, 0.3) is 11.8 Å². The molecule has 0 aromatic heterocycles. The minimum Gasteiger partial charge on any atom is -0.497 e. The van der Waals surface area contributed by atoms with Gasteiger partial charge in [0.2, 0.25) is 0 Å². The fraction of sp³-hybridized carbons (Fsp3) is 0.200. The Kier molecular flexibility index (Phi) is 6.53. The van der Waals surface area contributed by atoms with Gasteiger partial charge in [-0.05, 0) is 61.4 Å². The van der Waals surface area contributed by atoms with Crippen LogP contribution >= 0.6 is 0 Å². The zero-order valence-electron chi connectivity index (χ0n) is 18.0. The van der Waals surface area contributed by atoms with Gasteiger partial charge in [0.1, 0.15) is 11.4 Å². The van der Waals surface area contributed by atoms with Crippen molar-refractivity contribution < 1.29 is 23.1 Å². The molecule has 1 heterocycles. The standard InChI is InChI=1S/C25H23F2N3O3/c1-33-18-10-8-16(9-11-18)24(31)29-22-7-3-2-6-19(22)25(32)28-17-14-20(26)23(21(27)15-17)30-12-4-5-13-30/h2-3,6-11,14-15H,4-5,12-13H2,1H3,(H,28,32)(H,29,31). The predicted octanol–water partition coefficient (Wildman–Crippen LogP) is 5.08. The maximum atomic E-state index is 14.6. The molecule has 170 valence electrons. The van der Waals surface area contributed by atoms with Gasteiger partial charge in [-0.25, -0.2) is 8.78 Å². The first kappa shape index (κ1) is 22.3. The van der Waals surface area contributed by atoms with Gasteiger partial charge < -0.3 is 20.3 Å². The molecule has 2 N–H and O–H groups in total. The molecule has 6 nitrogen and oxygen atoms in total. The number of hydrogen-bond donors (Lipinski definition) is 2. The Morgan fingerprint density at radius 3 is 2.15 bits per heavy atom. The summed E-state index contributed by atoms with van der Waals surface area (Å²) >= 11 is 0. The maximum absolute atomic E-state index is 14.6. The van der Waals surface area contributed by atoms with Crippen molar-refractivity contribution in [1.29, 1.82) is 0 Å². The summed E-state index contributed by atoms with van der Waals surface area (Å²) in [4.78, 5) is 27.1. The number of nitrogens with one attached hydrogen (secondary N) is 2. The molecule has 1 saturated heterocycles. The van der Waals surface area contributed by atoms with E-state index in [1.165, 1.54) is 13.2 Å². The Morgan fingerprint density at radius 1 is 0.879 bits per heavy atom. The molecule has 0 unspecified atom stereocenters. The number of benzene rings is 3. The van der Waals surface area contributed by atoms with Crippen LogP contribution in [0.15, 0.2) is 60.7 Å². The largest absolute Gasteiger partial charge is 0.497 e. The molecule has 0 radical (unpaired) electrons. The zero-order valence-corrected chi connectivity index (χ0v) is 18.0. The summed E-state index contributed by atoms with van der Waals surface area (Å²) in [6, 6.07) is 15.1. The van der Waals surface area contributed by atoms with E-state index in [2.05, 4.69) is 10.6 Å². The van der Waals surface area contributed by atoms with Gasteiger partial charge >= 0.3 is 0 Å². The molecule has 4 rings (SSSR count). The van der Waals surface area contributed by atoms with Gasteiger partial charge in [-0.3, -0.25) is 9.59 Å². The topological polar surface area (TPSA) is 70.7 Å². The van der Waals surface area contributed by atoms with E-state index in [1.54, 1.807) is 47.4 Å². The highest BCUT2D eigenvalue weighted by Gasteiger charge is 2.22. The van der Waals surface area contributed by atoms with E-state index >= 15 is 0 Å². The number of halogens is 2. The van der Waals surface area contributed by atoms with Gasteiger partial charge in [-0.15, -0.1) is 0 Å². The smallest absolute Gasteiger partial charge is 0.257 e. The molecular formula is C25H23F2N3O3. The van der Waals surface area contributed by atoms with E-state index in [1.807, 2.05) is 0 Å². The number of methoxy groups -OCH3 is 1. The Balaban J connectivity index is 1.51. The number of amides is 2. The number of para-hydroxylation sites is 1. The van der Waals surface area contributed by atoms with Crippen molar-refractivity contribution >= 4 is 28.9 Å². The van der Waals surface area contributed by atoms with E-state index in [-0.39, 0.29) is 22.6 Å². The third kappa shape index (κ3) is 4.95. The first-order valence-corrected chi connectivity index (χ1v) is 10.6. The van der Waals surface area contributed by atoms with Gasteiger partial charge in [0.05, 0.1) is 18.4 Å². The van der Waals surface area contributed by atoms with E-state index < -0.39 is 23.4 Å². The molecule has 3 aromatic rings. The lowest BCUT2D eigenvalue weighted by Gasteiger charge is -2.20. The maximum Gasteiger partial charge on any atom is 0.257 e. The number of hydrogen-bond acceptors (Lipinski definition) is 4. The van der Waals surface area contributed by atoms with Crippen LogP contribution < -0.4 is 20.3 Å². The van der Waals surface area contributed by atoms with Gasteiger partial charge in [0, 0.05) is 24.3 Å². The molecule has 2 amide bonds. The Hall–Kier alpha value is -3.94. The second kappa shape index (κ2) is 9.68. The lowest BCUT2D eigenvalue weighted by atomic mass is 10.1. The summed E-state index contributed by atoms with van der Waals surface area (Å²) in [5.74, 6) is -1.86. The van der Waals surface area contributed by atoms with Crippen molar-refractivity contribution in [3.05, 3.63) is 83.4 Å². The van der Waals surface area contributed by atoms with Gasteiger partial charge in [0.15, 0.2) is 11.6 Å². The molecule has 3 aromatic carbocycles. The first-order chi connectivity index (χ1) is 16.0. The second-order valence-corrected chi connectivity index (χ2v) is 7.66. The van der Waals surface area contributed by atoms with Crippen LogP contribution in [0.5, 0.6) is 5.75 Å². The summed E-state index contributed by atoms with van der Waals surface area (Å²) in [7, 11) is 1.53. The summed E-state index contributed by atoms with van der Waals surface area (Å²) in [6.07, 6.45) is 1.77. The molecular weight excluding hydrogens is 428 g/mol. The third-order valence-corrected chi connectivity index (χ3v) is 5.47. The SMILES string of the molecule is COc1ccc(C(=O)Nc2ccccc2C(=O)Nc2cc(F)c(N3CCCC3)c(F)c2)cc1. The normalized spacial score (nSPS) is 13.0. The number of anilines is 3. The average Bonchev–Trinajstić information content (AvgIpc) is 3.33. The van der Waals surface area contributed by atoms with Crippen molar-refractivity contribution in [3.8, 4) is 5.75 Å². The van der Waals surface area contributed by atoms with Crippen LogP contribution in [-0.4, -0.2) is 32.0 Å². The highest BCUT2D eigenvalue weighted by Crippen LogP contribution is 2.30. The van der Waals surface area contributed by atoms with Crippen molar-refractivity contribution in [3.63, 3.8) is 0 Å². The highest BCUT2D eigenvalue weighted by atomic mass is 19.1. The summed E-state index contributed by atoms with van der Waals surface area (Å²) in [5.41, 5.74) is 0.730. The number of rotatable bonds is 6. The second-order valence-electron chi connectivity index (χ2n) is 7.66. The molecule has 1 aliphatic heterocycles. The highest BCUT2D eigenvalue weighted by molar-refractivity contribution is 6.12. The van der Waals surface area contributed by atoms with Crippen LogP contribution in [0.25, 0.3) is 0 Å². The predicted molar refractivity (Wildman–Crippen MR) is 123 cm³/mol. The fourth-order valence-electron chi connectivity index (χ4n) is 3.81. The van der Waals surface area contributed by atoms with Gasteiger partial charge in [-0.1, -0.05) is 12.1 Å². The van der Waals surface area contributed by atoms with Gasteiger partial charge in [-0.2, -0.15) is 0 Å². The fourth-order valence-corrected chi connectivity index (χ4v) is 3.81. The average molecular weight is 451 g/mol. The molecule has 0 spiro atoms. The first-order valence-electron chi connectivity index (χ1n) is 10.6. The van der Waals surface area contributed by atoms with E-state index in [0.717, 1.165) is 25.0 Å². The lowest BCUT2D eigenvalue weighted by molar-refractivity contribution is 0.102. The molecule has 1 fully saturated rings. The van der Waals surface area contributed by atoms with Crippen molar-refractivity contribution in [2.45, 2.75) is 12.8 Å². The van der Waals surface area contributed by atoms with Crippen molar-refractivity contribution in [2.75, 3.05) is 35.7 Å². The molecule has 0 atom stereocenters. The number of nitrogens with zero attached hydrogens (tertiary/aromatic N) is 1. The molecule has 1 aliphatic rings. The van der Waals surface area contributed by atoms with Crippen molar-refractivity contribution in [1.82, 2.24) is 0 Å². The molecule has 33 heavy (non-hydrogen) atoms. The number of carbonyl (C=O) groups excluding carboxylic acids is 2.